The van der Waals surface area contributed by atoms with Crippen LogP contribution in [0.2, 0.25) is 10.0 Å². The Hall–Kier alpha value is -4.26. The molecule has 0 unspecified atom stereocenters. The van der Waals surface area contributed by atoms with Gasteiger partial charge in [-0.25, -0.2) is 0 Å². The molecule has 6 aromatic rings. The topological polar surface area (TPSA) is 73.2 Å². The van der Waals surface area contributed by atoms with E-state index in [1.54, 1.807) is 29.8 Å². The Labute approximate surface area is 227 Å². The van der Waals surface area contributed by atoms with Gasteiger partial charge in [0.2, 0.25) is 0 Å². The Morgan fingerprint density at radius 1 is 0.947 bits per heavy atom. The van der Waals surface area contributed by atoms with Gasteiger partial charge in [-0.3, -0.25) is 4.79 Å². The maximum atomic E-state index is 13.7. The second-order valence-corrected chi connectivity index (χ2v) is 9.73. The van der Waals surface area contributed by atoms with Crippen molar-refractivity contribution in [2.24, 2.45) is 7.05 Å². The zero-order chi connectivity index (χ0) is 26.4. The monoisotopic (exact) mass is 541 g/mol. The Kier molecular flexibility index (Phi) is 6.06. The number of fused-ring (bicyclic) bond motifs is 3. The molecule has 0 aliphatic carbocycles. The summed E-state index contributed by atoms with van der Waals surface area (Å²) < 4.78 is 13.7. The highest BCUT2D eigenvalue weighted by atomic mass is 35.5. The molecule has 0 fully saturated rings. The third-order valence-electron chi connectivity index (χ3n) is 6.49. The first-order valence-electron chi connectivity index (χ1n) is 11.9. The van der Waals surface area contributed by atoms with Gasteiger partial charge in [-0.2, -0.15) is 0 Å². The molecule has 0 bridgehead atoms. The molecule has 8 heteroatoms. The van der Waals surface area contributed by atoms with E-state index in [0.717, 1.165) is 22.0 Å². The van der Waals surface area contributed by atoms with Crippen molar-refractivity contribution in [3.05, 3.63) is 110 Å². The number of hydrogen-bond acceptors (Lipinski definition) is 5. The van der Waals surface area contributed by atoms with E-state index in [2.05, 4.69) is 10.5 Å². The number of nitrogens with zero attached hydrogens (tertiary/aromatic N) is 2. The van der Waals surface area contributed by atoms with Crippen LogP contribution in [0.15, 0.2) is 86.5 Å². The molecule has 0 amide bonds. The highest BCUT2D eigenvalue weighted by molar-refractivity contribution is 6.35. The van der Waals surface area contributed by atoms with Gasteiger partial charge in [0.05, 0.1) is 11.2 Å². The van der Waals surface area contributed by atoms with Gasteiger partial charge in [-0.05, 0) is 48.9 Å². The number of nitrogens with one attached hydrogen (secondary N) is 1. The molecular formula is C30H21Cl2N3O3. The summed E-state index contributed by atoms with van der Waals surface area (Å²) in [5.74, 6) is 1.02. The predicted octanol–water partition coefficient (Wildman–Crippen LogP) is 8.47. The minimum absolute atomic E-state index is 0.175. The molecule has 1 N–H and O–H groups in total. The van der Waals surface area contributed by atoms with E-state index in [0.29, 0.717) is 49.6 Å². The van der Waals surface area contributed by atoms with Gasteiger partial charge in [0, 0.05) is 28.0 Å². The molecule has 0 aliphatic heterocycles. The second-order valence-electron chi connectivity index (χ2n) is 8.89. The molecule has 3 aromatic carbocycles. The summed E-state index contributed by atoms with van der Waals surface area (Å²) in [4.78, 5) is 13.7. The number of benzene rings is 3. The fourth-order valence-electron chi connectivity index (χ4n) is 4.55. The summed E-state index contributed by atoms with van der Waals surface area (Å²) in [7, 11) is 1.76. The zero-order valence-corrected chi connectivity index (χ0v) is 22.0. The minimum Gasteiger partial charge on any atom is -0.453 e. The maximum absolute atomic E-state index is 13.7. The van der Waals surface area contributed by atoms with Gasteiger partial charge >= 0.3 is 0 Å². The van der Waals surface area contributed by atoms with E-state index >= 15 is 0 Å². The van der Waals surface area contributed by atoms with Crippen LogP contribution in [0, 0.1) is 6.92 Å². The molecule has 0 saturated carbocycles. The molecule has 0 aliphatic rings. The molecule has 0 radical (unpaired) electrons. The van der Waals surface area contributed by atoms with Gasteiger partial charge in [-0.1, -0.05) is 76.9 Å². The van der Waals surface area contributed by atoms with Crippen molar-refractivity contribution in [1.29, 1.82) is 0 Å². The smallest absolute Gasteiger partial charge is 0.264 e. The van der Waals surface area contributed by atoms with Gasteiger partial charge in [0.15, 0.2) is 17.1 Å². The SMILES string of the molecule is Cc1noc(/C=C/c2ccc(Cl)cc2Cl)c1Nc1c(-c2ccccc2)oc2c1c(=O)n(C)c1ccccc21. The Balaban J connectivity index is 1.55. The first kappa shape index (κ1) is 24.1. The van der Waals surface area contributed by atoms with E-state index in [4.69, 9.17) is 32.1 Å². The van der Waals surface area contributed by atoms with Crippen LogP contribution in [0.25, 0.3) is 45.3 Å². The van der Waals surface area contributed by atoms with Crippen LogP contribution in [0.3, 0.4) is 0 Å². The molecule has 188 valence electrons. The molecule has 3 aromatic heterocycles. The molecule has 0 atom stereocenters. The molecule has 3 heterocycles. The Morgan fingerprint density at radius 3 is 2.50 bits per heavy atom. The van der Waals surface area contributed by atoms with E-state index in [1.807, 2.05) is 73.7 Å². The molecular weight excluding hydrogens is 521 g/mol. The summed E-state index contributed by atoms with van der Waals surface area (Å²) >= 11 is 12.4. The predicted molar refractivity (Wildman–Crippen MR) is 154 cm³/mol. The molecule has 6 rings (SSSR count). The second kappa shape index (κ2) is 9.56. The van der Waals surface area contributed by atoms with E-state index in [-0.39, 0.29) is 5.56 Å². The van der Waals surface area contributed by atoms with Crippen molar-refractivity contribution >= 4 is 68.6 Å². The van der Waals surface area contributed by atoms with Crippen LogP contribution >= 0.6 is 23.2 Å². The van der Waals surface area contributed by atoms with Crippen molar-refractivity contribution in [2.75, 3.05) is 5.32 Å². The van der Waals surface area contributed by atoms with Crippen molar-refractivity contribution in [2.45, 2.75) is 6.92 Å². The molecule has 0 saturated heterocycles. The number of aromatic nitrogens is 2. The Morgan fingerprint density at radius 2 is 1.71 bits per heavy atom. The number of para-hydroxylation sites is 1. The fourth-order valence-corrected chi connectivity index (χ4v) is 5.02. The maximum Gasteiger partial charge on any atom is 0.264 e. The van der Waals surface area contributed by atoms with Crippen molar-refractivity contribution in [3.8, 4) is 11.3 Å². The molecule has 6 nitrogen and oxygen atoms in total. The first-order valence-corrected chi connectivity index (χ1v) is 12.6. The summed E-state index contributed by atoms with van der Waals surface area (Å²) in [5, 5.41) is 9.96. The van der Waals surface area contributed by atoms with Crippen LogP contribution in [0.1, 0.15) is 17.0 Å². The highest BCUT2D eigenvalue weighted by Gasteiger charge is 2.24. The lowest BCUT2D eigenvalue weighted by Crippen LogP contribution is -2.17. The number of anilines is 2. The lowest BCUT2D eigenvalue weighted by Gasteiger charge is -2.08. The first-order chi connectivity index (χ1) is 18.4. The number of furan rings is 1. The van der Waals surface area contributed by atoms with Gasteiger partial charge < -0.3 is 18.8 Å². The average Bonchev–Trinajstić information content (AvgIpc) is 3.48. The summed E-state index contributed by atoms with van der Waals surface area (Å²) in [6.45, 7) is 1.83. The standard InChI is InChI=1S/C30H21Cl2N3O3/c1-17-26(24(38-34-17)15-13-18-12-14-20(31)16-22(18)32)33-27-25-29(37-28(27)19-8-4-3-5-9-19)21-10-6-7-11-23(21)35(2)30(25)36/h3-16,33H,1-2H3/b15-13+. The van der Waals surface area contributed by atoms with Crippen molar-refractivity contribution < 1.29 is 8.94 Å². The average molecular weight is 542 g/mol. The zero-order valence-electron chi connectivity index (χ0n) is 20.5. The summed E-state index contributed by atoms with van der Waals surface area (Å²) in [5.41, 5.74) is 4.51. The normalized spacial score (nSPS) is 11.7. The van der Waals surface area contributed by atoms with Crippen LogP contribution < -0.4 is 10.9 Å². The van der Waals surface area contributed by atoms with Gasteiger partial charge in [0.25, 0.3) is 5.56 Å². The van der Waals surface area contributed by atoms with Crippen LogP contribution in [0.5, 0.6) is 0 Å². The number of halogens is 2. The number of rotatable bonds is 5. The van der Waals surface area contributed by atoms with Crippen molar-refractivity contribution in [3.63, 3.8) is 0 Å². The fraction of sp³-hybridized carbons (Fsp3) is 0.0667. The third-order valence-corrected chi connectivity index (χ3v) is 7.05. The van der Waals surface area contributed by atoms with Crippen LogP contribution in [0.4, 0.5) is 11.4 Å². The summed E-state index contributed by atoms with van der Waals surface area (Å²) in [6.07, 6.45) is 3.59. The molecule has 38 heavy (non-hydrogen) atoms. The summed E-state index contributed by atoms with van der Waals surface area (Å²) in [6, 6.07) is 22.6. The van der Waals surface area contributed by atoms with Crippen LogP contribution in [-0.4, -0.2) is 9.72 Å². The lowest BCUT2D eigenvalue weighted by molar-refractivity contribution is 0.408. The van der Waals surface area contributed by atoms with E-state index in [1.165, 1.54) is 0 Å². The number of hydrogen-bond donors (Lipinski definition) is 1. The Bertz CT molecular complexity index is 1920. The van der Waals surface area contributed by atoms with Gasteiger partial charge in [-0.15, -0.1) is 0 Å². The molecule has 0 spiro atoms. The van der Waals surface area contributed by atoms with Gasteiger partial charge in [0.1, 0.15) is 16.8 Å². The largest absolute Gasteiger partial charge is 0.453 e. The number of aryl methyl sites for hydroxylation is 2. The van der Waals surface area contributed by atoms with Crippen LogP contribution in [-0.2, 0) is 7.05 Å². The highest BCUT2D eigenvalue weighted by Crippen LogP contribution is 2.42. The lowest BCUT2D eigenvalue weighted by atomic mass is 10.1. The van der Waals surface area contributed by atoms with Crippen molar-refractivity contribution in [1.82, 2.24) is 9.72 Å². The third kappa shape index (κ3) is 4.08. The van der Waals surface area contributed by atoms with E-state index < -0.39 is 0 Å². The minimum atomic E-state index is -0.175. The number of pyridine rings is 1. The van der Waals surface area contributed by atoms with E-state index in [9.17, 15) is 4.79 Å². The quantitative estimate of drug-likeness (QED) is 0.237.